The Morgan fingerprint density at radius 1 is 1.12 bits per heavy atom. The lowest BCUT2D eigenvalue weighted by atomic mass is 10.1. The van der Waals surface area contributed by atoms with Gasteiger partial charge in [0.05, 0.1) is 32.0 Å². The van der Waals surface area contributed by atoms with E-state index in [1.54, 1.807) is 13.4 Å². The van der Waals surface area contributed by atoms with Crippen molar-refractivity contribution in [1.82, 2.24) is 9.88 Å². The SMILES string of the molecule is COc1ccc(NC(=S)N(Cc2ccco2)Cc2cc3cc(C)cc(C)c3[nH]c2=O)cc1. The van der Waals surface area contributed by atoms with Gasteiger partial charge >= 0.3 is 0 Å². The number of nitrogens with zero attached hydrogens (tertiary/aromatic N) is 1. The maximum atomic E-state index is 12.9. The molecular weight excluding hydrogens is 422 g/mol. The van der Waals surface area contributed by atoms with E-state index in [9.17, 15) is 4.79 Å². The highest BCUT2D eigenvalue weighted by Crippen LogP contribution is 2.20. The zero-order valence-corrected chi connectivity index (χ0v) is 19.1. The van der Waals surface area contributed by atoms with Crippen LogP contribution < -0.4 is 15.6 Å². The highest BCUT2D eigenvalue weighted by atomic mass is 32.1. The molecule has 7 heteroatoms. The zero-order valence-electron chi connectivity index (χ0n) is 18.3. The van der Waals surface area contributed by atoms with Gasteiger partial charge in [-0.3, -0.25) is 4.79 Å². The van der Waals surface area contributed by atoms with Gasteiger partial charge in [-0.2, -0.15) is 0 Å². The Morgan fingerprint density at radius 3 is 2.59 bits per heavy atom. The van der Waals surface area contributed by atoms with Gasteiger partial charge in [0.25, 0.3) is 5.56 Å². The zero-order chi connectivity index (χ0) is 22.7. The van der Waals surface area contributed by atoms with Crippen LogP contribution >= 0.6 is 12.2 Å². The summed E-state index contributed by atoms with van der Waals surface area (Å²) in [4.78, 5) is 17.8. The number of H-pyrrole nitrogens is 1. The van der Waals surface area contributed by atoms with E-state index < -0.39 is 0 Å². The average molecular weight is 448 g/mol. The predicted octanol–water partition coefficient (Wildman–Crippen LogP) is 5.15. The van der Waals surface area contributed by atoms with Crippen LogP contribution in [0, 0.1) is 13.8 Å². The lowest BCUT2D eigenvalue weighted by Crippen LogP contribution is -2.35. The lowest BCUT2D eigenvalue weighted by molar-refractivity contribution is 0.359. The number of hydrogen-bond donors (Lipinski definition) is 2. The molecule has 164 valence electrons. The minimum Gasteiger partial charge on any atom is -0.497 e. The van der Waals surface area contributed by atoms with Gasteiger partial charge in [-0.25, -0.2) is 0 Å². The highest BCUT2D eigenvalue weighted by Gasteiger charge is 2.16. The van der Waals surface area contributed by atoms with Crippen LogP contribution in [0.1, 0.15) is 22.5 Å². The number of nitrogens with one attached hydrogen (secondary N) is 2. The van der Waals surface area contributed by atoms with Crippen molar-refractivity contribution < 1.29 is 9.15 Å². The summed E-state index contributed by atoms with van der Waals surface area (Å²) in [7, 11) is 1.63. The number of thiocarbonyl (C=S) groups is 1. The number of aryl methyl sites for hydroxylation is 2. The Labute approximate surface area is 191 Å². The molecule has 4 rings (SSSR count). The van der Waals surface area contributed by atoms with Crippen molar-refractivity contribution in [2.75, 3.05) is 12.4 Å². The van der Waals surface area contributed by atoms with E-state index >= 15 is 0 Å². The van der Waals surface area contributed by atoms with E-state index in [-0.39, 0.29) is 5.56 Å². The van der Waals surface area contributed by atoms with E-state index in [1.165, 1.54) is 0 Å². The number of anilines is 1. The maximum absolute atomic E-state index is 12.9. The van der Waals surface area contributed by atoms with Crippen LogP contribution in [-0.4, -0.2) is 22.1 Å². The van der Waals surface area contributed by atoms with Crippen LogP contribution in [0.15, 0.2) is 70.1 Å². The third-order valence-corrected chi connectivity index (χ3v) is 5.65. The number of fused-ring (bicyclic) bond motifs is 1. The molecule has 0 saturated heterocycles. The van der Waals surface area contributed by atoms with E-state index in [4.69, 9.17) is 21.4 Å². The standard InChI is InChI=1S/C25H25N3O3S/c1-16-11-17(2)23-18(12-16)13-19(24(29)27-23)14-28(15-22-5-4-10-31-22)25(32)26-20-6-8-21(30-3)9-7-20/h4-13H,14-15H2,1-3H3,(H,26,32)(H,27,29). The van der Waals surface area contributed by atoms with E-state index in [0.29, 0.717) is 23.8 Å². The second-order valence-corrected chi connectivity index (χ2v) is 8.15. The fourth-order valence-corrected chi connectivity index (χ4v) is 3.97. The summed E-state index contributed by atoms with van der Waals surface area (Å²) < 4.78 is 10.7. The fourth-order valence-electron chi connectivity index (χ4n) is 3.72. The van der Waals surface area contributed by atoms with Crippen molar-refractivity contribution in [2.45, 2.75) is 26.9 Å². The quantitative estimate of drug-likeness (QED) is 0.399. The molecule has 0 amide bonds. The maximum Gasteiger partial charge on any atom is 0.253 e. The minimum atomic E-state index is -0.124. The molecule has 2 N–H and O–H groups in total. The Morgan fingerprint density at radius 2 is 1.91 bits per heavy atom. The number of hydrogen-bond acceptors (Lipinski definition) is 4. The number of methoxy groups -OCH3 is 1. The van der Waals surface area contributed by atoms with Crippen LogP contribution in [0.2, 0.25) is 0 Å². The minimum absolute atomic E-state index is 0.124. The van der Waals surface area contributed by atoms with E-state index in [0.717, 1.165) is 39.2 Å². The molecule has 0 aliphatic heterocycles. The summed E-state index contributed by atoms with van der Waals surface area (Å²) in [5.41, 5.74) is 4.40. The molecule has 0 unspecified atom stereocenters. The monoisotopic (exact) mass is 447 g/mol. The summed E-state index contributed by atoms with van der Waals surface area (Å²) >= 11 is 5.70. The Balaban J connectivity index is 1.63. The van der Waals surface area contributed by atoms with Crippen LogP contribution in [-0.2, 0) is 13.1 Å². The molecule has 0 aliphatic rings. The van der Waals surface area contributed by atoms with Crippen LogP contribution in [0.25, 0.3) is 10.9 Å². The first-order chi connectivity index (χ1) is 15.4. The highest BCUT2D eigenvalue weighted by molar-refractivity contribution is 7.80. The van der Waals surface area contributed by atoms with Gasteiger partial charge in [0.1, 0.15) is 11.5 Å². The van der Waals surface area contributed by atoms with E-state index in [1.807, 2.05) is 61.2 Å². The number of rotatable bonds is 6. The Kier molecular flexibility index (Phi) is 6.28. The molecule has 0 atom stereocenters. The van der Waals surface area contributed by atoms with Crippen molar-refractivity contribution >= 4 is 33.9 Å². The molecule has 6 nitrogen and oxygen atoms in total. The van der Waals surface area contributed by atoms with Crippen molar-refractivity contribution in [1.29, 1.82) is 0 Å². The summed E-state index contributed by atoms with van der Waals surface area (Å²) in [6, 6.07) is 17.3. The van der Waals surface area contributed by atoms with Gasteiger partial charge in [-0.15, -0.1) is 0 Å². The number of ether oxygens (including phenoxy) is 1. The van der Waals surface area contributed by atoms with Gasteiger partial charge in [-0.1, -0.05) is 11.6 Å². The molecule has 0 radical (unpaired) electrons. The average Bonchev–Trinajstić information content (AvgIpc) is 3.28. The van der Waals surface area contributed by atoms with Gasteiger partial charge in [0, 0.05) is 11.3 Å². The summed E-state index contributed by atoms with van der Waals surface area (Å²) in [6.45, 7) is 4.82. The molecule has 0 spiro atoms. The molecule has 0 fully saturated rings. The molecule has 0 bridgehead atoms. The number of pyridine rings is 1. The normalized spacial score (nSPS) is 10.8. The van der Waals surface area contributed by atoms with Crippen LogP contribution in [0.4, 0.5) is 5.69 Å². The Hall–Kier alpha value is -3.58. The van der Waals surface area contributed by atoms with Gasteiger partial charge < -0.3 is 24.4 Å². The van der Waals surface area contributed by atoms with Crippen molar-refractivity contribution in [3.05, 3.63) is 93.7 Å². The molecule has 2 aromatic carbocycles. The van der Waals surface area contributed by atoms with Crippen LogP contribution in [0.3, 0.4) is 0 Å². The second kappa shape index (κ2) is 9.28. The van der Waals surface area contributed by atoms with E-state index in [2.05, 4.69) is 22.4 Å². The summed E-state index contributed by atoms with van der Waals surface area (Å²) in [5, 5.41) is 4.74. The third-order valence-electron chi connectivity index (χ3n) is 5.29. The van der Waals surface area contributed by atoms with Gasteiger partial charge in [0.2, 0.25) is 0 Å². The second-order valence-electron chi connectivity index (χ2n) is 7.76. The number of furan rings is 1. The van der Waals surface area contributed by atoms with Gasteiger partial charge in [-0.05, 0) is 85.5 Å². The summed E-state index contributed by atoms with van der Waals surface area (Å²) in [5.74, 6) is 1.52. The molecule has 32 heavy (non-hydrogen) atoms. The molecule has 0 saturated carbocycles. The molecule has 4 aromatic rings. The predicted molar refractivity (Wildman–Crippen MR) is 131 cm³/mol. The first-order valence-corrected chi connectivity index (χ1v) is 10.7. The molecule has 2 aromatic heterocycles. The Bertz CT molecular complexity index is 1290. The largest absolute Gasteiger partial charge is 0.497 e. The van der Waals surface area contributed by atoms with Crippen LogP contribution in [0.5, 0.6) is 5.75 Å². The molecule has 2 heterocycles. The third kappa shape index (κ3) is 4.84. The van der Waals surface area contributed by atoms with Crippen molar-refractivity contribution in [3.8, 4) is 5.75 Å². The smallest absolute Gasteiger partial charge is 0.253 e. The molecule has 0 aliphatic carbocycles. The topological polar surface area (TPSA) is 70.5 Å². The molecular formula is C25H25N3O3S. The fraction of sp³-hybridized carbons (Fsp3) is 0.200. The number of aromatic amines is 1. The number of aromatic nitrogens is 1. The number of benzene rings is 2. The first-order valence-electron chi connectivity index (χ1n) is 10.3. The first kappa shape index (κ1) is 21.6. The van der Waals surface area contributed by atoms with Crippen molar-refractivity contribution in [3.63, 3.8) is 0 Å². The summed E-state index contributed by atoms with van der Waals surface area (Å²) in [6.07, 6.45) is 1.63. The lowest BCUT2D eigenvalue weighted by Gasteiger charge is -2.25. The van der Waals surface area contributed by atoms with Gasteiger partial charge in [0.15, 0.2) is 5.11 Å². The van der Waals surface area contributed by atoms with Crippen molar-refractivity contribution in [2.24, 2.45) is 0 Å².